The largest absolute Gasteiger partial charge is 0.447 e. The average molecular weight is 227 g/mol. The average Bonchev–Trinajstić information content (AvgIpc) is 2.89. The van der Waals surface area contributed by atoms with Crippen molar-refractivity contribution in [2.45, 2.75) is 19.5 Å². The maximum atomic E-state index is 8.71. The van der Waals surface area contributed by atoms with E-state index in [1.165, 1.54) is 6.39 Å². The smallest absolute Gasteiger partial charge is 0.180 e. The minimum Gasteiger partial charge on any atom is -0.447 e. The summed E-state index contributed by atoms with van der Waals surface area (Å²) in [6.45, 7) is 2.71. The molecule has 0 spiro atoms. The van der Waals surface area contributed by atoms with Gasteiger partial charge in [0.1, 0.15) is 5.76 Å². The van der Waals surface area contributed by atoms with Gasteiger partial charge < -0.3 is 9.73 Å². The highest BCUT2D eigenvalue weighted by molar-refractivity contribution is 5.32. The standard InChI is InChI=1S/C13H13N3O/c1-10(16-8-13-7-15-9-17-13)12-4-2-11(6-14)3-5-12/h2-5,7,9-10,16H,8H2,1H3. The summed E-state index contributed by atoms with van der Waals surface area (Å²) >= 11 is 0. The van der Waals surface area contributed by atoms with Gasteiger partial charge in [-0.1, -0.05) is 12.1 Å². The molecule has 0 saturated heterocycles. The van der Waals surface area contributed by atoms with Crippen LogP contribution in [0.2, 0.25) is 0 Å². The molecule has 1 aromatic carbocycles. The molecule has 0 aliphatic carbocycles. The number of hydrogen-bond donors (Lipinski definition) is 1. The van der Waals surface area contributed by atoms with Crippen LogP contribution in [0.15, 0.2) is 41.3 Å². The predicted molar refractivity (Wildman–Crippen MR) is 62.9 cm³/mol. The molecule has 0 fully saturated rings. The van der Waals surface area contributed by atoms with E-state index in [1.54, 1.807) is 6.20 Å². The zero-order chi connectivity index (χ0) is 12.1. The number of oxazole rings is 1. The molecule has 1 heterocycles. The molecule has 86 valence electrons. The van der Waals surface area contributed by atoms with Gasteiger partial charge in [-0.05, 0) is 24.6 Å². The lowest BCUT2D eigenvalue weighted by Gasteiger charge is -2.12. The Morgan fingerprint density at radius 3 is 2.76 bits per heavy atom. The number of hydrogen-bond acceptors (Lipinski definition) is 4. The third kappa shape index (κ3) is 2.92. The molecule has 2 aromatic rings. The third-order valence-corrected chi connectivity index (χ3v) is 2.61. The van der Waals surface area contributed by atoms with Crippen molar-refractivity contribution in [3.63, 3.8) is 0 Å². The molecule has 1 atom stereocenters. The quantitative estimate of drug-likeness (QED) is 0.871. The molecule has 1 aromatic heterocycles. The first-order chi connectivity index (χ1) is 8.29. The molecule has 0 saturated carbocycles. The highest BCUT2D eigenvalue weighted by Crippen LogP contribution is 2.13. The van der Waals surface area contributed by atoms with E-state index in [4.69, 9.17) is 9.68 Å². The van der Waals surface area contributed by atoms with Crippen LogP contribution in [0.4, 0.5) is 0 Å². The predicted octanol–water partition coefficient (Wildman–Crippen LogP) is 2.40. The van der Waals surface area contributed by atoms with Crippen LogP contribution in [0.3, 0.4) is 0 Å². The van der Waals surface area contributed by atoms with Crippen molar-refractivity contribution in [2.24, 2.45) is 0 Å². The fourth-order valence-corrected chi connectivity index (χ4v) is 1.55. The lowest BCUT2D eigenvalue weighted by Crippen LogP contribution is -2.17. The molecule has 0 bridgehead atoms. The molecule has 0 aliphatic rings. The third-order valence-electron chi connectivity index (χ3n) is 2.61. The first-order valence-corrected chi connectivity index (χ1v) is 5.40. The Morgan fingerprint density at radius 2 is 2.18 bits per heavy atom. The van der Waals surface area contributed by atoms with Crippen LogP contribution in [0, 0.1) is 11.3 Å². The van der Waals surface area contributed by atoms with Crippen molar-refractivity contribution in [1.82, 2.24) is 10.3 Å². The van der Waals surface area contributed by atoms with Crippen LogP contribution in [0.25, 0.3) is 0 Å². The molecule has 1 unspecified atom stereocenters. The highest BCUT2D eigenvalue weighted by atomic mass is 16.3. The van der Waals surface area contributed by atoms with Crippen molar-refractivity contribution in [3.8, 4) is 6.07 Å². The summed E-state index contributed by atoms with van der Waals surface area (Å²) in [6.07, 6.45) is 3.11. The van der Waals surface area contributed by atoms with Gasteiger partial charge in [-0.25, -0.2) is 4.98 Å². The Bertz CT molecular complexity index is 496. The highest BCUT2D eigenvalue weighted by Gasteiger charge is 2.05. The Morgan fingerprint density at radius 1 is 1.41 bits per heavy atom. The number of rotatable bonds is 4. The van der Waals surface area contributed by atoms with E-state index in [1.807, 2.05) is 24.3 Å². The van der Waals surface area contributed by atoms with Crippen LogP contribution >= 0.6 is 0 Å². The topological polar surface area (TPSA) is 61.9 Å². The first-order valence-electron chi connectivity index (χ1n) is 5.40. The Kier molecular flexibility index (Phi) is 3.53. The molecule has 0 amide bonds. The van der Waals surface area contributed by atoms with Crippen molar-refractivity contribution in [2.75, 3.05) is 0 Å². The van der Waals surface area contributed by atoms with E-state index in [-0.39, 0.29) is 6.04 Å². The fraction of sp³-hybridized carbons (Fsp3) is 0.231. The second kappa shape index (κ2) is 5.28. The van der Waals surface area contributed by atoms with Gasteiger partial charge in [-0.15, -0.1) is 0 Å². The lowest BCUT2D eigenvalue weighted by molar-refractivity contribution is 0.458. The lowest BCUT2D eigenvalue weighted by atomic mass is 10.1. The second-order valence-corrected chi connectivity index (χ2v) is 3.80. The summed E-state index contributed by atoms with van der Waals surface area (Å²) in [6, 6.07) is 9.86. The zero-order valence-corrected chi connectivity index (χ0v) is 9.55. The van der Waals surface area contributed by atoms with Crippen LogP contribution < -0.4 is 5.32 Å². The fourth-order valence-electron chi connectivity index (χ4n) is 1.55. The Balaban J connectivity index is 1.95. The molecule has 17 heavy (non-hydrogen) atoms. The molecular formula is C13H13N3O. The van der Waals surface area contributed by atoms with Gasteiger partial charge in [0.2, 0.25) is 0 Å². The summed E-state index contributed by atoms with van der Waals surface area (Å²) in [7, 11) is 0. The van der Waals surface area contributed by atoms with E-state index >= 15 is 0 Å². The van der Waals surface area contributed by atoms with E-state index in [2.05, 4.69) is 23.3 Å². The molecular weight excluding hydrogens is 214 g/mol. The van der Waals surface area contributed by atoms with Gasteiger partial charge in [0.25, 0.3) is 0 Å². The SMILES string of the molecule is CC(NCc1cnco1)c1ccc(C#N)cc1. The summed E-state index contributed by atoms with van der Waals surface area (Å²) in [5.74, 6) is 0.811. The molecule has 1 N–H and O–H groups in total. The van der Waals surface area contributed by atoms with Gasteiger partial charge in [0.05, 0.1) is 24.4 Å². The monoisotopic (exact) mass is 227 g/mol. The number of nitrogens with one attached hydrogen (secondary N) is 1. The van der Waals surface area contributed by atoms with Gasteiger partial charge >= 0.3 is 0 Å². The first kappa shape index (κ1) is 11.4. The van der Waals surface area contributed by atoms with Crippen LogP contribution in [0.1, 0.15) is 29.9 Å². The van der Waals surface area contributed by atoms with E-state index in [9.17, 15) is 0 Å². The maximum Gasteiger partial charge on any atom is 0.180 e. The van der Waals surface area contributed by atoms with E-state index in [0.717, 1.165) is 11.3 Å². The minimum absolute atomic E-state index is 0.202. The summed E-state index contributed by atoms with van der Waals surface area (Å²) < 4.78 is 5.14. The summed E-state index contributed by atoms with van der Waals surface area (Å²) in [5, 5.41) is 12.0. The van der Waals surface area contributed by atoms with Gasteiger partial charge in [0, 0.05) is 6.04 Å². The van der Waals surface area contributed by atoms with Gasteiger partial charge in [0.15, 0.2) is 6.39 Å². The Labute approximate surface area is 99.9 Å². The number of nitriles is 1. The van der Waals surface area contributed by atoms with Crippen LogP contribution in [-0.2, 0) is 6.54 Å². The number of nitrogens with zero attached hydrogens (tertiary/aromatic N) is 2. The zero-order valence-electron chi connectivity index (χ0n) is 9.55. The molecule has 4 heteroatoms. The van der Waals surface area contributed by atoms with Crippen LogP contribution in [0.5, 0.6) is 0 Å². The van der Waals surface area contributed by atoms with E-state index < -0.39 is 0 Å². The molecule has 0 radical (unpaired) electrons. The second-order valence-electron chi connectivity index (χ2n) is 3.80. The number of benzene rings is 1. The van der Waals surface area contributed by atoms with Crippen LogP contribution in [-0.4, -0.2) is 4.98 Å². The van der Waals surface area contributed by atoms with Crippen molar-refractivity contribution >= 4 is 0 Å². The number of aromatic nitrogens is 1. The van der Waals surface area contributed by atoms with Gasteiger partial charge in [-0.2, -0.15) is 5.26 Å². The summed E-state index contributed by atoms with van der Waals surface area (Å²) in [4.78, 5) is 3.85. The summed E-state index contributed by atoms with van der Waals surface area (Å²) in [5.41, 5.74) is 1.82. The normalized spacial score (nSPS) is 12.0. The van der Waals surface area contributed by atoms with Crippen molar-refractivity contribution < 1.29 is 4.42 Å². The van der Waals surface area contributed by atoms with Crippen molar-refractivity contribution in [3.05, 3.63) is 53.7 Å². The molecule has 0 aliphatic heterocycles. The minimum atomic E-state index is 0.202. The van der Waals surface area contributed by atoms with Crippen molar-refractivity contribution in [1.29, 1.82) is 5.26 Å². The van der Waals surface area contributed by atoms with Gasteiger partial charge in [-0.3, -0.25) is 0 Å². The maximum absolute atomic E-state index is 8.71. The Hall–Kier alpha value is -2.12. The molecule has 4 nitrogen and oxygen atoms in total. The molecule has 2 rings (SSSR count). The van der Waals surface area contributed by atoms with E-state index in [0.29, 0.717) is 12.1 Å².